The normalized spacial score (nSPS) is 16.0. The molecule has 0 spiro atoms. The summed E-state index contributed by atoms with van der Waals surface area (Å²) in [5, 5.41) is 3.03. The number of nitrogens with zero attached hydrogens (tertiary/aromatic N) is 3. The number of rotatable bonds is 10. The highest BCUT2D eigenvalue weighted by atomic mass is 35.5. The van der Waals surface area contributed by atoms with Gasteiger partial charge in [0.05, 0.1) is 13.2 Å². The first-order valence-electron chi connectivity index (χ1n) is 16.3. The number of pyridine rings is 1. The summed E-state index contributed by atoms with van der Waals surface area (Å²) in [6, 6.07) is 14.9. The van der Waals surface area contributed by atoms with Gasteiger partial charge < -0.3 is 24.8 Å². The number of H-pyrrole nitrogens is 1. The number of anilines is 1. The summed E-state index contributed by atoms with van der Waals surface area (Å²) in [5.41, 5.74) is 7.72. The lowest BCUT2D eigenvalue weighted by molar-refractivity contribution is -0.129. The molecule has 2 aliphatic heterocycles. The second-order valence-electron chi connectivity index (χ2n) is 12.4. The smallest absolute Gasteiger partial charge is 0.253 e. The third-order valence-corrected chi connectivity index (χ3v) is 9.59. The number of ether oxygens (including phenoxy) is 1. The van der Waals surface area contributed by atoms with E-state index in [0.29, 0.717) is 24.2 Å². The summed E-state index contributed by atoms with van der Waals surface area (Å²) >= 11 is 5.83. The zero-order valence-corrected chi connectivity index (χ0v) is 28.2. The number of aryl methyl sites for hydroxylation is 2. The molecule has 0 radical (unpaired) electrons. The van der Waals surface area contributed by atoms with Crippen LogP contribution in [0.5, 0.6) is 0 Å². The van der Waals surface area contributed by atoms with E-state index in [1.165, 1.54) is 5.56 Å². The summed E-state index contributed by atoms with van der Waals surface area (Å²) < 4.78 is 5.50. The molecule has 46 heavy (non-hydrogen) atoms. The fourth-order valence-corrected chi connectivity index (χ4v) is 6.89. The molecule has 0 aliphatic carbocycles. The zero-order valence-electron chi connectivity index (χ0n) is 27.5. The molecule has 3 aromatic rings. The quantitative estimate of drug-likeness (QED) is 0.307. The highest BCUT2D eigenvalue weighted by molar-refractivity contribution is 6.27. The molecule has 2 fully saturated rings. The van der Waals surface area contributed by atoms with E-state index >= 15 is 0 Å². The molecular formula is C36H46ClN5O4. The first-order valence-corrected chi connectivity index (χ1v) is 16.8. The van der Waals surface area contributed by atoms with E-state index in [2.05, 4.69) is 57.4 Å². The number of benzene rings is 2. The predicted molar refractivity (Wildman–Crippen MR) is 184 cm³/mol. The van der Waals surface area contributed by atoms with Crippen LogP contribution in [0.4, 0.5) is 5.69 Å². The average molecular weight is 648 g/mol. The molecule has 0 bridgehead atoms. The Morgan fingerprint density at radius 1 is 1.00 bits per heavy atom. The molecule has 9 nitrogen and oxygen atoms in total. The number of alkyl halides is 1. The van der Waals surface area contributed by atoms with Gasteiger partial charge in [-0.3, -0.25) is 19.3 Å². The lowest BCUT2D eigenvalue weighted by atomic mass is 9.94. The molecule has 1 aromatic heterocycles. The van der Waals surface area contributed by atoms with Crippen LogP contribution in [-0.2, 0) is 22.6 Å². The van der Waals surface area contributed by atoms with Gasteiger partial charge in [-0.1, -0.05) is 24.3 Å². The number of piperidine rings is 1. The molecule has 2 amide bonds. The van der Waals surface area contributed by atoms with Gasteiger partial charge in [-0.15, -0.1) is 11.6 Å². The van der Waals surface area contributed by atoms with Gasteiger partial charge in [0.1, 0.15) is 5.88 Å². The molecular weight excluding hydrogens is 602 g/mol. The largest absolute Gasteiger partial charge is 0.379 e. The van der Waals surface area contributed by atoms with Gasteiger partial charge in [-0.05, 0) is 86.6 Å². The van der Waals surface area contributed by atoms with Crippen molar-refractivity contribution in [3.05, 3.63) is 86.3 Å². The fourth-order valence-electron chi connectivity index (χ4n) is 6.72. The monoisotopic (exact) mass is 647 g/mol. The molecule has 2 aliphatic rings. The molecule has 2 saturated heterocycles. The van der Waals surface area contributed by atoms with Crippen LogP contribution in [0, 0.1) is 20.8 Å². The standard InChI is InChI=1S/C36H46ClN5O4/c1-5-42(30-10-12-41(13-11-30)34(43)21-37)33-20-29(28-8-6-27(7-9-28)23-40-14-16-46-17-15-40)19-31(26(33)4)35(44)38-22-32-24(2)18-25(3)39-36(32)45/h6-9,18-20,30H,5,10-17,21-23H2,1-4H3,(H,38,44)(H,39,45). The first-order chi connectivity index (χ1) is 22.2. The molecule has 3 heterocycles. The molecule has 2 N–H and O–H groups in total. The van der Waals surface area contributed by atoms with Crippen LogP contribution in [0.25, 0.3) is 11.1 Å². The SMILES string of the molecule is CCN(c1cc(-c2ccc(CN3CCOCC3)cc2)cc(C(=O)NCc2c(C)cc(C)[nH]c2=O)c1C)C1CCN(C(=O)CCl)CC1. The van der Waals surface area contributed by atoms with Crippen LogP contribution in [0.1, 0.15) is 58.1 Å². The van der Waals surface area contributed by atoms with Crippen molar-refractivity contribution in [2.24, 2.45) is 0 Å². The zero-order chi connectivity index (χ0) is 32.8. The molecule has 2 aromatic carbocycles. The molecule has 0 unspecified atom stereocenters. The van der Waals surface area contributed by atoms with Gasteiger partial charge in [-0.2, -0.15) is 0 Å². The summed E-state index contributed by atoms with van der Waals surface area (Å²) in [5.74, 6) is -0.247. The Morgan fingerprint density at radius 3 is 2.33 bits per heavy atom. The van der Waals surface area contributed by atoms with Gasteiger partial charge in [-0.25, -0.2) is 0 Å². The second kappa shape index (κ2) is 15.3. The number of hydrogen-bond acceptors (Lipinski definition) is 6. The number of carbonyl (C=O) groups excluding carboxylic acids is 2. The summed E-state index contributed by atoms with van der Waals surface area (Å²) in [7, 11) is 0. The van der Waals surface area contributed by atoms with E-state index in [1.807, 2.05) is 37.8 Å². The van der Waals surface area contributed by atoms with Crippen LogP contribution < -0.4 is 15.8 Å². The van der Waals surface area contributed by atoms with Crippen LogP contribution >= 0.6 is 11.6 Å². The number of halogens is 1. The molecule has 0 atom stereocenters. The minimum absolute atomic E-state index is 0.000994. The Morgan fingerprint density at radius 2 is 1.70 bits per heavy atom. The maximum Gasteiger partial charge on any atom is 0.253 e. The molecule has 5 rings (SSSR count). The number of amides is 2. The number of aromatic nitrogens is 1. The van der Waals surface area contributed by atoms with E-state index in [-0.39, 0.29) is 35.8 Å². The number of nitrogens with one attached hydrogen (secondary N) is 2. The highest BCUT2D eigenvalue weighted by Crippen LogP contribution is 2.34. The number of aromatic amines is 1. The Balaban J connectivity index is 1.45. The lowest BCUT2D eigenvalue weighted by Gasteiger charge is -2.40. The van der Waals surface area contributed by atoms with Crippen molar-refractivity contribution in [1.82, 2.24) is 20.1 Å². The second-order valence-corrected chi connectivity index (χ2v) is 12.7. The van der Waals surface area contributed by atoms with E-state index in [1.54, 1.807) is 0 Å². The van der Waals surface area contributed by atoms with Gasteiger partial charge in [0.25, 0.3) is 11.5 Å². The Labute approximate surface area is 276 Å². The molecule has 10 heteroatoms. The highest BCUT2D eigenvalue weighted by Gasteiger charge is 2.28. The molecule has 246 valence electrons. The number of morpholine rings is 1. The lowest BCUT2D eigenvalue weighted by Crippen LogP contribution is -2.47. The van der Waals surface area contributed by atoms with E-state index in [0.717, 1.165) is 85.9 Å². The Bertz CT molecular complexity index is 1590. The Kier molecular flexibility index (Phi) is 11.2. The first kappa shape index (κ1) is 33.7. The third-order valence-electron chi connectivity index (χ3n) is 9.36. The van der Waals surface area contributed by atoms with Gasteiger partial charge in [0.2, 0.25) is 5.91 Å². The van der Waals surface area contributed by atoms with Crippen LogP contribution in [0.15, 0.2) is 47.3 Å². The maximum atomic E-state index is 13.9. The van der Waals surface area contributed by atoms with Gasteiger partial charge in [0.15, 0.2) is 0 Å². The third kappa shape index (κ3) is 7.82. The maximum absolute atomic E-state index is 13.9. The number of hydrogen-bond donors (Lipinski definition) is 2. The fraction of sp³-hybridized carbons (Fsp3) is 0.472. The van der Waals surface area contributed by atoms with Crippen LogP contribution in [0.3, 0.4) is 0 Å². The summed E-state index contributed by atoms with van der Waals surface area (Å²) in [4.78, 5) is 48.2. The summed E-state index contributed by atoms with van der Waals surface area (Å²) in [6.45, 7) is 14.4. The Hall–Kier alpha value is -3.66. The number of carbonyl (C=O) groups is 2. The topological polar surface area (TPSA) is 98.0 Å². The van der Waals surface area contributed by atoms with Crippen molar-refractivity contribution < 1.29 is 14.3 Å². The van der Waals surface area contributed by atoms with Crippen molar-refractivity contribution in [2.75, 3.05) is 56.7 Å². The van der Waals surface area contributed by atoms with E-state index in [9.17, 15) is 14.4 Å². The average Bonchev–Trinajstić information content (AvgIpc) is 3.06. The predicted octanol–water partition coefficient (Wildman–Crippen LogP) is 4.79. The molecule has 0 saturated carbocycles. The van der Waals surface area contributed by atoms with Crippen molar-refractivity contribution in [1.29, 1.82) is 0 Å². The van der Waals surface area contributed by atoms with E-state index in [4.69, 9.17) is 16.3 Å². The van der Waals surface area contributed by atoms with Crippen molar-refractivity contribution in [2.45, 2.75) is 59.7 Å². The number of likely N-dealkylation sites (tertiary alicyclic amines) is 1. The van der Waals surface area contributed by atoms with Crippen molar-refractivity contribution in [3.8, 4) is 11.1 Å². The minimum atomic E-state index is -0.220. The van der Waals surface area contributed by atoms with Gasteiger partial charge in [0, 0.05) is 74.4 Å². The van der Waals surface area contributed by atoms with Crippen LogP contribution in [0.2, 0.25) is 0 Å². The van der Waals surface area contributed by atoms with Crippen molar-refractivity contribution in [3.63, 3.8) is 0 Å². The summed E-state index contributed by atoms with van der Waals surface area (Å²) in [6.07, 6.45) is 1.65. The van der Waals surface area contributed by atoms with Gasteiger partial charge >= 0.3 is 0 Å². The van der Waals surface area contributed by atoms with Crippen molar-refractivity contribution >= 4 is 29.1 Å². The van der Waals surface area contributed by atoms with E-state index < -0.39 is 0 Å². The van der Waals surface area contributed by atoms with Crippen LogP contribution in [-0.4, -0.2) is 84.5 Å². The minimum Gasteiger partial charge on any atom is -0.379 e.